The molecular weight excluding hydrogens is 508 g/mol. The Hall–Kier alpha value is -3.03. The summed E-state index contributed by atoms with van der Waals surface area (Å²) in [6.07, 6.45) is 2.40. The van der Waals surface area contributed by atoms with E-state index in [1.807, 2.05) is 49.3 Å². The second-order valence-electron chi connectivity index (χ2n) is 9.99. The van der Waals surface area contributed by atoms with Crippen molar-refractivity contribution < 1.29 is 18.0 Å². The molecule has 1 aliphatic carbocycles. The molecule has 0 saturated heterocycles. The number of carbonyl (C=O) groups excluding carboxylic acids is 2. The molecule has 0 radical (unpaired) electrons. The molecule has 3 unspecified atom stereocenters. The van der Waals surface area contributed by atoms with Gasteiger partial charge in [-0.1, -0.05) is 25.0 Å². The van der Waals surface area contributed by atoms with Crippen LogP contribution in [0.15, 0.2) is 58.3 Å². The lowest BCUT2D eigenvalue weighted by Gasteiger charge is -2.40. The molecule has 0 aliphatic heterocycles. The van der Waals surface area contributed by atoms with E-state index in [0.717, 1.165) is 24.1 Å². The second kappa shape index (κ2) is 11.2. The topological polar surface area (TPSA) is 147 Å². The van der Waals surface area contributed by atoms with Crippen LogP contribution < -0.4 is 16.4 Å². The zero-order valence-corrected chi connectivity index (χ0v) is 23.1. The molecule has 0 aromatic heterocycles. The van der Waals surface area contributed by atoms with Gasteiger partial charge in [-0.2, -0.15) is 5.26 Å². The lowest BCUT2D eigenvalue weighted by Crippen LogP contribution is -2.47. The minimum atomic E-state index is -3.75. The van der Waals surface area contributed by atoms with Crippen LogP contribution in [0.3, 0.4) is 0 Å². The van der Waals surface area contributed by atoms with E-state index in [-0.39, 0.29) is 17.1 Å². The normalized spacial score (nSPS) is 21.4. The highest BCUT2D eigenvalue weighted by molar-refractivity contribution is 8.01. The third-order valence-corrected chi connectivity index (χ3v) is 10.6. The van der Waals surface area contributed by atoms with Crippen molar-refractivity contribution in [3.05, 3.63) is 54.1 Å². The lowest BCUT2D eigenvalue weighted by atomic mass is 9.65. The van der Waals surface area contributed by atoms with Gasteiger partial charge in [0, 0.05) is 31.1 Å². The van der Waals surface area contributed by atoms with Gasteiger partial charge >= 0.3 is 0 Å². The van der Waals surface area contributed by atoms with E-state index in [2.05, 4.69) is 0 Å². The van der Waals surface area contributed by atoms with E-state index in [1.165, 1.54) is 23.9 Å². The van der Waals surface area contributed by atoms with Crippen molar-refractivity contribution in [2.45, 2.75) is 53.6 Å². The molecular formula is C27H34N4O4S2. The van der Waals surface area contributed by atoms with Crippen LogP contribution in [0.25, 0.3) is 0 Å². The number of nitriles is 1. The first-order valence-corrected chi connectivity index (χ1v) is 14.6. The van der Waals surface area contributed by atoms with Crippen molar-refractivity contribution in [2.75, 3.05) is 24.7 Å². The van der Waals surface area contributed by atoms with Crippen LogP contribution in [0.2, 0.25) is 0 Å². The largest absolute Gasteiger partial charge is 0.378 e. The predicted octanol–water partition coefficient (Wildman–Crippen LogP) is 3.59. The lowest BCUT2D eigenvalue weighted by molar-refractivity contribution is -0.132. The van der Waals surface area contributed by atoms with Crippen LogP contribution in [-0.2, 0) is 24.2 Å². The van der Waals surface area contributed by atoms with Crippen molar-refractivity contribution in [1.29, 1.82) is 5.26 Å². The molecule has 8 nitrogen and oxygen atoms in total. The molecule has 0 bridgehead atoms. The number of sulfone groups is 1. The molecule has 1 aliphatic rings. The molecule has 0 spiro atoms. The van der Waals surface area contributed by atoms with Crippen LogP contribution in [-0.4, -0.2) is 40.1 Å². The Bertz CT molecular complexity index is 1290. The van der Waals surface area contributed by atoms with Crippen molar-refractivity contribution in [1.82, 2.24) is 0 Å². The van der Waals surface area contributed by atoms with Gasteiger partial charge in [0.2, 0.25) is 11.8 Å². The van der Waals surface area contributed by atoms with Crippen LogP contribution in [0.4, 0.5) is 5.69 Å². The second-order valence-corrected chi connectivity index (χ2v) is 13.5. The minimum Gasteiger partial charge on any atom is -0.378 e. The number of nitrogens with zero attached hydrogens (tertiary/aromatic N) is 2. The molecule has 10 heteroatoms. The van der Waals surface area contributed by atoms with Crippen molar-refractivity contribution in [2.24, 2.45) is 22.8 Å². The summed E-state index contributed by atoms with van der Waals surface area (Å²) in [5.74, 6) is -1.88. The number of carbonyl (C=O) groups is 2. The Labute approximate surface area is 223 Å². The smallest absolute Gasteiger partial charge is 0.238 e. The average molecular weight is 543 g/mol. The number of hydrogen-bond acceptors (Lipinski definition) is 7. The Morgan fingerprint density at radius 2 is 1.73 bits per heavy atom. The molecule has 1 saturated carbocycles. The highest BCUT2D eigenvalue weighted by Crippen LogP contribution is 2.45. The summed E-state index contributed by atoms with van der Waals surface area (Å²) in [6, 6.07) is 15.9. The average Bonchev–Trinajstić information content (AvgIpc) is 2.85. The van der Waals surface area contributed by atoms with Gasteiger partial charge in [0.25, 0.3) is 0 Å². The van der Waals surface area contributed by atoms with Crippen LogP contribution in [0.5, 0.6) is 0 Å². The third-order valence-electron chi connectivity index (χ3n) is 7.42. The van der Waals surface area contributed by atoms with Gasteiger partial charge in [-0.05, 0) is 67.6 Å². The number of anilines is 1. The standard InChI is InChI=1S/C27H34N4O4S2/c1-26(24(29)32,19-7-9-21(10-8-19)31(2)3)36-22-11-13-23(14-12-22)37(34,35)18-20-6-4-5-15-27(20,16-17-28)25(30)33/h7-14,20H,4-6,15-16,18H2,1-3H3,(H2,29,32)(H2,30,33). The molecule has 3 rings (SSSR count). The maximum atomic E-state index is 13.3. The molecule has 3 atom stereocenters. The molecule has 1 fully saturated rings. The number of benzene rings is 2. The van der Waals surface area contributed by atoms with Crippen molar-refractivity contribution in [3.63, 3.8) is 0 Å². The number of primary amides is 2. The van der Waals surface area contributed by atoms with Gasteiger partial charge in [-0.3, -0.25) is 9.59 Å². The molecule has 37 heavy (non-hydrogen) atoms. The number of amides is 2. The highest BCUT2D eigenvalue weighted by atomic mass is 32.2. The molecule has 4 N–H and O–H groups in total. The summed E-state index contributed by atoms with van der Waals surface area (Å²) in [5, 5.41) is 9.30. The van der Waals surface area contributed by atoms with E-state index in [9.17, 15) is 23.3 Å². The van der Waals surface area contributed by atoms with E-state index >= 15 is 0 Å². The first-order valence-electron chi connectivity index (χ1n) is 12.1. The Morgan fingerprint density at radius 1 is 1.11 bits per heavy atom. The molecule has 2 aromatic rings. The first-order chi connectivity index (χ1) is 17.4. The van der Waals surface area contributed by atoms with Gasteiger partial charge in [0.15, 0.2) is 9.84 Å². The van der Waals surface area contributed by atoms with Crippen molar-refractivity contribution >= 4 is 39.1 Å². The van der Waals surface area contributed by atoms with Gasteiger partial charge in [0.05, 0.1) is 22.1 Å². The van der Waals surface area contributed by atoms with E-state index in [4.69, 9.17) is 11.5 Å². The fourth-order valence-corrected chi connectivity index (χ4v) is 7.84. The van der Waals surface area contributed by atoms with Crippen LogP contribution in [0.1, 0.15) is 44.6 Å². The number of nitrogens with two attached hydrogens (primary N) is 2. The summed E-state index contributed by atoms with van der Waals surface area (Å²) in [7, 11) is 0.110. The number of hydrogen-bond donors (Lipinski definition) is 2. The molecule has 2 amide bonds. The fourth-order valence-electron chi connectivity index (χ4n) is 4.98. The minimum absolute atomic E-state index is 0.0840. The summed E-state index contributed by atoms with van der Waals surface area (Å²) in [6.45, 7) is 1.75. The maximum absolute atomic E-state index is 13.3. The van der Waals surface area contributed by atoms with E-state index in [0.29, 0.717) is 17.7 Å². The summed E-state index contributed by atoms with van der Waals surface area (Å²) in [5.41, 5.74) is 12.1. The quantitative estimate of drug-likeness (QED) is 0.436. The van der Waals surface area contributed by atoms with Gasteiger partial charge in [-0.25, -0.2) is 8.42 Å². The fraction of sp³-hybridized carbons (Fsp3) is 0.444. The monoisotopic (exact) mass is 542 g/mol. The van der Waals surface area contributed by atoms with Gasteiger partial charge in [-0.15, -0.1) is 11.8 Å². The third kappa shape index (κ3) is 5.94. The summed E-state index contributed by atoms with van der Waals surface area (Å²) >= 11 is 1.25. The summed E-state index contributed by atoms with van der Waals surface area (Å²) in [4.78, 5) is 27.6. The number of rotatable bonds is 10. The molecule has 0 heterocycles. The van der Waals surface area contributed by atoms with E-state index < -0.39 is 37.7 Å². The Kier molecular flexibility index (Phi) is 8.60. The Morgan fingerprint density at radius 3 is 2.24 bits per heavy atom. The van der Waals surface area contributed by atoms with Crippen LogP contribution in [0, 0.1) is 22.7 Å². The predicted molar refractivity (Wildman–Crippen MR) is 145 cm³/mol. The highest BCUT2D eigenvalue weighted by Gasteiger charge is 2.47. The zero-order valence-electron chi connectivity index (χ0n) is 21.4. The zero-order chi connectivity index (χ0) is 27.4. The summed E-state index contributed by atoms with van der Waals surface area (Å²) < 4.78 is 25.6. The molecule has 198 valence electrons. The molecule has 2 aromatic carbocycles. The van der Waals surface area contributed by atoms with E-state index in [1.54, 1.807) is 19.1 Å². The number of thioether (sulfide) groups is 1. The first kappa shape index (κ1) is 28.5. The van der Waals surface area contributed by atoms with Gasteiger partial charge in [0.1, 0.15) is 4.75 Å². The maximum Gasteiger partial charge on any atom is 0.238 e. The van der Waals surface area contributed by atoms with Gasteiger partial charge < -0.3 is 16.4 Å². The van der Waals surface area contributed by atoms with Crippen molar-refractivity contribution in [3.8, 4) is 6.07 Å². The SMILES string of the molecule is CN(C)c1ccc(C(C)(Sc2ccc(S(=O)(=O)CC3CCCCC3(CC#N)C(N)=O)cc2)C(N)=O)cc1. The Balaban J connectivity index is 1.84. The van der Waals surface area contributed by atoms with Crippen LogP contribution >= 0.6 is 11.8 Å².